The van der Waals surface area contributed by atoms with Crippen LogP contribution >= 0.6 is 0 Å². The molecule has 0 bridgehead atoms. The van der Waals surface area contributed by atoms with Gasteiger partial charge >= 0.3 is 6.36 Å². The van der Waals surface area contributed by atoms with Gasteiger partial charge in [0.05, 0.1) is 0 Å². The van der Waals surface area contributed by atoms with Crippen LogP contribution < -0.4 is 4.74 Å². The highest BCUT2D eigenvalue weighted by atomic mass is 19.4. The zero-order valence-corrected chi connectivity index (χ0v) is 10.2. The average Bonchev–Trinajstić information content (AvgIpc) is 2.81. The van der Waals surface area contributed by atoms with Crippen molar-refractivity contribution in [1.29, 1.82) is 0 Å². The Balaban J connectivity index is 2.09. The van der Waals surface area contributed by atoms with E-state index in [1.165, 1.54) is 12.1 Å². The number of aromatic amines is 1. The fraction of sp³-hybridized carbons (Fsp3) is 0.0667. The Morgan fingerprint density at radius 1 is 0.950 bits per heavy atom. The quantitative estimate of drug-likeness (QED) is 0.719. The smallest absolute Gasteiger partial charge is 0.406 e. The van der Waals surface area contributed by atoms with Crippen molar-refractivity contribution < 1.29 is 17.9 Å². The van der Waals surface area contributed by atoms with E-state index in [1.807, 2.05) is 30.3 Å². The summed E-state index contributed by atoms with van der Waals surface area (Å²) in [5.74, 6) is -0.221. The Morgan fingerprint density at radius 2 is 1.70 bits per heavy atom. The molecule has 0 radical (unpaired) electrons. The van der Waals surface area contributed by atoms with Gasteiger partial charge in [0.15, 0.2) is 0 Å². The van der Waals surface area contributed by atoms with Gasteiger partial charge in [0.25, 0.3) is 0 Å². The second-order valence-electron chi connectivity index (χ2n) is 4.32. The maximum absolute atomic E-state index is 12.3. The molecule has 0 aliphatic carbocycles. The molecule has 5 heteroatoms. The van der Waals surface area contributed by atoms with Crippen LogP contribution in [0.1, 0.15) is 0 Å². The first-order valence-electron chi connectivity index (χ1n) is 5.95. The van der Waals surface area contributed by atoms with Gasteiger partial charge < -0.3 is 9.72 Å². The van der Waals surface area contributed by atoms with Crippen molar-refractivity contribution in [3.63, 3.8) is 0 Å². The molecule has 0 aliphatic heterocycles. The maximum atomic E-state index is 12.3. The van der Waals surface area contributed by atoms with E-state index >= 15 is 0 Å². The topological polar surface area (TPSA) is 25.0 Å². The minimum absolute atomic E-state index is 0.221. The lowest BCUT2D eigenvalue weighted by molar-refractivity contribution is -0.274. The third kappa shape index (κ3) is 2.47. The van der Waals surface area contributed by atoms with Gasteiger partial charge in [-0.1, -0.05) is 30.3 Å². The predicted molar refractivity (Wildman–Crippen MR) is 70.4 cm³/mol. The van der Waals surface area contributed by atoms with Crippen molar-refractivity contribution in [1.82, 2.24) is 4.98 Å². The van der Waals surface area contributed by atoms with E-state index in [9.17, 15) is 13.2 Å². The minimum atomic E-state index is -4.68. The number of alkyl halides is 3. The molecular formula is C15H10F3NO. The number of fused-ring (bicyclic) bond motifs is 1. The SMILES string of the molecule is FC(F)(F)Oc1ccc2[nH]cc(-c3ccccc3)c2c1. The summed E-state index contributed by atoms with van der Waals surface area (Å²) in [7, 11) is 0. The highest BCUT2D eigenvalue weighted by molar-refractivity contribution is 5.96. The lowest BCUT2D eigenvalue weighted by Gasteiger charge is -2.09. The van der Waals surface area contributed by atoms with E-state index in [0.29, 0.717) is 5.39 Å². The summed E-state index contributed by atoms with van der Waals surface area (Å²) in [5.41, 5.74) is 2.54. The molecule has 0 saturated carbocycles. The van der Waals surface area contributed by atoms with Crippen LogP contribution in [0.15, 0.2) is 54.7 Å². The van der Waals surface area contributed by atoms with Gasteiger partial charge in [0, 0.05) is 22.7 Å². The summed E-state index contributed by atoms with van der Waals surface area (Å²) in [5, 5.41) is 0.693. The van der Waals surface area contributed by atoms with Crippen molar-refractivity contribution in [2.75, 3.05) is 0 Å². The molecule has 0 unspecified atom stereocenters. The monoisotopic (exact) mass is 277 g/mol. The molecule has 1 N–H and O–H groups in total. The van der Waals surface area contributed by atoms with Gasteiger partial charge in [-0.2, -0.15) is 0 Å². The Kier molecular flexibility index (Phi) is 2.89. The van der Waals surface area contributed by atoms with E-state index in [4.69, 9.17) is 0 Å². The second kappa shape index (κ2) is 4.59. The number of hydrogen-bond acceptors (Lipinski definition) is 1. The molecule has 0 amide bonds. The van der Waals surface area contributed by atoms with Gasteiger partial charge in [0.2, 0.25) is 0 Å². The summed E-state index contributed by atoms with van der Waals surface area (Å²) >= 11 is 0. The van der Waals surface area contributed by atoms with Crippen LogP contribution in [0.4, 0.5) is 13.2 Å². The molecule has 1 aromatic heterocycles. The van der Waals surface area contributed by atoms with Crippen LogP contribution in [0.2, 0.25) is 0 Å². The van der Waals surface area contributed by atoms with Crippen molar-refractivity contribution >= 4 is 10.9 Å². The van der Waals surface area contributed by atoms with Crippen LogP contribution in [0.3, 0.4) is 0 Å². The Hall–Kier alpha value is -2.43. The van der Waals surface area contributed by atoms with Crippen molar-refractivity contribution in [2.24, 2.45) is 0 Å². The fourth-order valence-electron chi connectivity index (χ4n) is 2.15. The first-order chi connectivity index (χ1) is 9.53. The maximum Gasteiger partial charge on any atom is 0.573 e. The van der Waals surface area contributed by atoms with Gasteiger partial charge in [-0.25, -0.2) is 0 Å². The van der Waals surface area contributed by atoms with E-state index in [1.54, 1.807) is 12.3 Å². The number of H-pyrrole nitrogens is 1. The normalized spacial score (nSPS) is 11.8. The van der Waals surface area contributed by atoms with Crippen molar-refractivity contribution in [2.45, 2.75) is 6.36 Å². The molecule has 0 saturated heterocycles. The zero-order valence-electron chi connectivity index (χ0n) is 10.2. The van der Waals surface area contributed by atoms with Gasteiger partial charge in [-0.3, -0.25) is 0 Å². The molecule has 1 heterocycles. The summed E-state index contributed by atoms with van der Waals surface area (Å²) in [4.78, 5) is 3.04. The first-order valence-corrected chi connectivity index (χ1v) is 5.95. The van der Waals surface area contributed by atoms with Crippen LogP contribution in [0.25, 0.3) is 22.0 Å². The fourth-order valence-corrected chi connectivity index (χ4v) is 2.15. The summed E-state index contributed by atoms with van der Waals surface area (Å²) in [6.45, 7) is 0. The molecule has 0 spiro atoms. The Bertz CT molecular complexity index is 732. The minimum Gasteiger partial charge on any atom is -0.406 e. The molecule has 20 heavy (non-hydrogen) atoms. The average molecular weight is 277 g/mol. The molecule has 2 aromatic carbocycles. The van der Waals surface area contributed by atoms with Gasteiger partial charge in [-0.15, -0.1) is 13.2 Å². The van der Waals surface area contributed by atoms with Crippen LogP contribution in [0, 0.1) is 0 Å². The van der Waals surface area contributed by atoms with E-state index < -0.39 is 6.36 Å². The van der Waals surface area contributed by atoms with Crippen molar-refractivity contribution in [3.05, 3.63) is 54.7 Å². The van der Waals surface area contributed by atoms with E-state index in [2.05, 4.69) is 9.72 Å². The molecule has 102 valence electrons. The third-order valence-corrected chi connectivity index (χ3v) is 2.97. The van der Waals surface area contributed by atoms with Crippen LogP contribution in [0.5, 0.6) is 5.75 Å². The van der Waals surface area contributed by atoms with Crippen LogP contribution in [-0.4, -0.2) is 11.3 Å². The Labute approximate surface area is 112 Å². The van der Waals surface area contributed by atoms with E-state index in [0.717, 1.165) is 16.6 Å². The predicted octanol–water partition coefficient (Wildman–Crippen LogP) is 4.73. The third-order valence-electron chi connectivity index (χ3n) is 2.97. The summed E-state index contributed by atoms with van der Waals surface area (Å²) < 4.78 is 40.7. The number of nitrogens with one attached hydrogen (secondary N) is 1. The molecule has 3 aromatic rings. The molecule has 0 atom stereocenters. The zero-order chi connectivity index (χ0) is 14.2. The first kappa shape index (κ1) is 12.6. The number of hydrogen-bond donors (Lipinski definition) is 1. The molecule has 2 nitrogen and oxygen atoms in total. The largest absolute Gasteiger partial charge is 0.573 e. The molecular weight excluding hydrogens is 267 g/mol. The summed E-state index contributed by atoms with van der Waals surface area (Å²) in [6, 6.07) is 13.7. The number of aromatic nitrogens is 1. The van der Waals surface area contributed by atoms with E-state index in [-0.39, 0.29) is 5.75 Å². The van der Waals surface area contributed by atoms with Crippen molar-refractivity contribution in [3.8, 4) is 16.9 Å². The molecule has 0 aliphatic rings. The molecule has 3 rings (SSSR count). The number of halogens is 3. The second-order valence-corrected chi connectivity index (χ2v) is 4.32. The number of ether oxygens (including phenoxy) is 1. The summed E-state index contributed by atoms with van der Waals surface area (Å²) in [6.07, 6.45) is -2.91. The van der Waals surface area contributed by atoms with Crippen LogP contribution in [-0.2, 0) is 0 Å². The molecule has 0 fully saturated rings. The number of benzene rings is 2. The highest BCUT2D eigenvalue weighted by Gasteiger charge is 2.31. The highest BCUT2D eigenvalue weighted by Crippen LogP contribution is 2.32. The standard InChI is InChI=1S/C15H10F3NO/c16-15(17,18)20-11-6-7-14-12(8-11)13(9-19-14)10-4-2-1-3-5-10/h1-9,19H. The lowest BCUT2D eigenvalue weighted by atomic mass is 10.0. The Morgan fingerprint density at radius 3 is 2.40 bits per heavy atom. The lowest BCUT2D eigenvalue weighted by Crippen LogP contribution is -2.16. The van der Waals surface area contributed by atoms with Gasteiger partial charge in [-0.05, 0) is 23.8 Å². The number of rotatable bonds is 2. The van der Waals surface area contributed by atoms with Gasteiger partial charge in [0.1, 0.15) is 5.75 Å².